The normalized spacial score (nSPS) is 21.8. The number of imidazole rings is 1. The van der Waals surface area contributed by atoms with Gasteiger partial charge in [0, 0.05) is 50.6 Å². The van der Waals surface area contributed by atoms with E-state index in [1.165, 1.54) is 6.07 Å². The smallest absolute Gasteiger partial charge is 0.250 e. The van der Waals surface area contributed by atoms with Crippen molar-refractivity contribution in [2.75, 3.05) is 12.0 Å². The van der Waals surface area contributed by atoms with Gasteiger partial charge in [-0.1, -0.05) is 6.07 Å². The zero-order valence-electron chi connectivity index (χ0n) is 22.6. The van der Waals surface area contributed by atoms with Gasteiger partial charge in [0.1, 0.15) is 5.82 Å². The minimum absolute atomic E-state index is 0.0812. The Kier molecular flexibility index (Phi) is 7.00. The molecule has 1 amide bonds. The van der Waals surface area contributed by atoms with Crippen molar-refractivity contribution in [2.45, 2.75) is 63.1 Å². The van der Waals surface area contributed by atoms with Crippen LogP contribution in [-0.4, -0.2) is 33.2 Å². The highest BCUT2D eigenvalue weighted by Gasteiger charge is 2.36. The molecule has 4 aromatic rings. The van der Waals surface area contributed by atoms with Crippen molar-refractivity contribution in [3.05, 3.63) is 82.5 Å². The van der Waals surface area contributed by atoms with Crippen LogP contribution in [-0.2, 0) is 16.6 Å². The first kappa shape index (κ1) is 26.4. The number of hydrogen-bond donors (Lipinski definition) is 0. The van der Waals surface area contributed by atoms with Crippen LogP contribution in [0.15, 0.2) is 59.5 Å². The van der Waals surface area contributed by atoms with Crippen LogP contribution in [0.5, 0.6) is 0 Å². The summed E-state index contributed by atoms with van der Waals surface area (Å²) in [5.41, 5.74) is 3.84. The molecule has 0 N–H and O–H groups in total. The lowest BCUT2D eigenvalue weighted by Crippen LogP contribution is -2.40. The molecule has 2 fully saturated rings. The molecule has 40 heavy (non-hydrogen) atoms. The second kappa shape index (κ2) is 10.6. The molecule has 2 aromatic carbocycles. The highest BCUT2D eigenvalue weighted by atomic mass is 19.2. The van der Waals surface area contributed by atoms with Crippen molar-refractivity contribution in [3.8, 4) is 11.1 Å². The Hall–Kier alpha value is -3.85. The zero-order chi connectivity index (χ0) is 28.0. The third kappa shape index (κ3) is 4.72. The van der Waals surface area contributed by atoms with Crippen LogP contribution in [0.25, 0.3) is 22.2 Å². The molecule has 0 radical (unpaired) electrons. The molecule has 2 aromatic heterocycles. The van der Waals surface area contributed by atoms with E-state index >= 15 is 0 Å². The van der Waals surface area contributed by atoms with Gasteiger partial charge in [0.25, 0.3) is 0 Å². The molecule has 1 aliphatic carbocycles. The second-order valence-electron chi connectivity index (χ2n) is 10.8. The molecule has 1 aliphatic heterocycles. The third-order valence-electron chi connectivity index (χ3n) is 8.41. The first-order chi connectivity index (χ1) is 19.3. The van der Waals surface area contributed by atoms with Crippen molar-refractivity contribution in [1.82, 2.24) is 14.1 Å². The summed E-state index contributed by atoms with van der Waals surface area (Å²) in [7, 11) is 3.47. The number of nitrogens with zero attached hydrogens (tertiary/aromatic N) is 4. The molecular formula is C31H32F2N4O3. The summed E-state index contributed by atoms with van der Waals surface area (Å²) in [5.74, 6) is -1.30. The lowest BCUT2D eigenvalue weighted by atomic mass is 9.91. The summed E-state index contributed by atoms with van der Waals surface area (Å²) >= 11 is 0. The van der Waals surface area contributed by atoms with Crippen LogP contribution in [0.2, 0.25) is 0 Å². The number of ether oxygens (including phenoxy) is 1. The molecule has 6 rings (SSSR count). The molecule has 0 unspecified atom stereocenters. The Morgan fingerprint density at radius 3 is 2.40 bits per heavy atom. The predicted molar refractivity (Wildman–Crippen MR) is 149 cm³/mol. The number of halogens is 2. The minimum atomic E-state index is -0.983. The standard InChI is InChI=1S/C31H32F2N4O3/c1-35-18-20(7-15-29(35)38)19-6-14-27-26(16-19)34-31(37(27)21-8-11-23(40-2)12-9-21)28-4-3-5-30(39)36(28)22-10-13-24(32)25(33)17-22/h6-7,10,13-18,21,23,28H,3-5,8-9,11-12H2,1-2H3/t21-,23-,28-/m0/s1. The van der Waals surface area contributed by atoms with E-state index in [1.54, 1.807) is 42.0 Å². The topological polar surface area (TPSA) is 69.4 Å². The van der Waals surface area contributed by atoms with Crippen LogP contribution < -0.4 is 10.5 Å². The molecule has 0 bridgehead atoms. The van der Waals surface area contributed by atoms with E-state index in [4.69, 9.17) is 9.72 Å². The van der Waals surface area contributed by atoms with E-state index in [2.05, 4.69) is 10.6 Å². The van der Waals surface area contributed by atoms with Gasteiger partial charge in [-0.15, -0.1) is 0 Å². The molecule has 1 saturated heterocycles. The maximum atomic E-state index is 14.3. The number of aryl methyl sites for hydroxylation is 1. The van der Waals surface area contributed by atoms with Crippen LogP contribution in [0, 0.1) is 11.6 Å². The van der Waals surface area contributed by atoms with Gasteiger partial charge in [0.2, 0.25) is 11.5 Å². The van der Waals surface area contributed by atoms with Gasteiger partial charge in [-0.2, -0.15) is 0 Å². The molecule has 3 heterocycles. The molecule has 2 aliphatic rings. The van der Waals surface area contributed by atoms with E-state index < -0.39 is 17.7 Å². The molecule has 208 valence electrons. The van der Waals surface area contributed by atoms with Crippen molar-refractivity contribution in [3.63, 3.8) is 0 Å². The highest BCUT2D eigenvalue weighted by Crippen LogP contribution is 2.41. The number of piperidine rings is 1. The van der Waals surface area contributed by atoms with Crippen molar-refractivity contribution >= 4 is 22.6 Å². The maximum absolute atomic E-state index is 14.3. The summed E-state index contributed by atoms with van der Waals surface area (Å²) in [6, 6.07) is 12.8. The van der Waals surface area contributed by atoms with Crippen LogP contribution in [0.1, 0.15) is 62.9 Å². The summed E-state index contributed by atoms with van der Waals surface area (Å²) in [6.07, 6.45) is 7.38. The van der Waals surface area contributed by atoms with E-state index in [1.807, 2.05) is 12.1 Å². The average molecular weight is 547 g/mol. The number of carbonyl (C=O) groups is 1. The Morgan fingerprint density at radius 1 is 0.900 bits per heavy atom. The summed E-state index contributed by atoms with van der Waals surface area (Å²) in [5, 5.41) is 0. The Bertz CT molecular complexity index is 1640. The molecule has 9 heteroatoms. The fourth-order valence-electron chi connectivity index (χ4n) is 6.29. The summed E-state index contributed by atoms with van der Waals surface area (Å²) < 4.78 is 37.5. The fourth-order valence-corrected chi connectivity index (χ4v) is 6.29. The van der Waals surface area contributed by atoms with Gasteiger partial charge in [0.15, 0.2) is 11.6 Å². The minimum Gasteiger partial charge on any atom is -0.381 e. The highest BCUT2D eigenvalue weighted by molar-refractivity contribution is 5.95. The van der Waals surface area contributed by atoms with Crippen LogP contribution >= 0.6 is 0 Å². The Balaban J connectivity index is 1.49. The molecular weight excluding hydrogens is 514 g/mol. The number of benzene rings is 2. The zero-order valence-corrected chi connectivity index (χ0v) is 22.6. The summed E-state index contributed by atoms with van der Waals surface area (Å²) in [4.78, 5) is 31.9. The first-order valence-corrected chi connectivity index (χ1v) is 13.8. The lowest BCUT2D eigenvalue weighted by molar-refractivity contribution is -0.120. The van der Waals surface area contributed by atoms with Crippen LogP contribution in [0.4, 0.5) is 14.5 Å². The van der Waals surface area contributed by atoms with E-state index in [-0.39, 0.29) is 23.6 Å². The number of aromatic nitrogens is 3. The van der Waals surface area contributed by atoms with Crippen molar-refractivity contribution in [2.24, 2.45) is 7.05 Å². The number of anilines is 1. The van der Waals surface area contributed by atoms with Gasteiger partial charge in [-0.05, 0) is 80.0 Å². The quantitative estimate of drug-likeness (QED) is 0.305. The molecule has 0 spiro atoms. The number of hydrogen-bond acceptors (Lipinski definition) is 4. The number of carbonyl (C=O) groups excluding carboxylic acids is 1. The monoisotopic (exact) mass is 546 g/mol. The van der Waals surface area contributed by atoms with Gasteiger partial charge in [-0.3, -0.25) is 9.59 Å². The van der Waals surface area contributed by atoms with Gasteiger partial charge < -0.3 is 18.8 Å². The molecule has 1 atom stereocenters. The Labute approximate surface area is 231 Å². The fraction of sp³-hybridized carbons (Fsp3) is 0.387. The van der Waals surface area contributed by atoms with Gasteiger partial charge in [0.05, 0.1) is 23.2 Å². The van der Waals surface area contributed by atoms with Gasteiger partial charge in [-0.25, -0.2) is 13.8 Å². The van der Waals surface area contributed by atoms with Crippen molar-refractivity contribution < 1.29 is 18.3 Å². The number of pyridine rings is 1. The number of amides is 1. The predicted octanol–water partition coefficient (Wildman–Crippen LogP) is 6.07. The van der Waals surface area contributed by atoms with E-state index in [0.29, 0.717) is 24.9 Å². The second-order valence-corrected chi connectivity index (χ2v) is 10.8. The molecule has 7 nitrogen and oxygen atoms in total. The van der Waals surface area contributed by atoms with Crippen LogP contribution in [0.3, 0.4) is 0 Å². The largest absolute Gasteiger partial charge is 0.381 e. The number of fused-ring (bicyclic) bond motifs is 1. The number of methoxy groups -OCH3 is 1. The van der Waals surface area contributed by atoms with Crippen molar-refractivity contribution in [1.29, 1.82) is 0 Å². The van der Waals surface area contributed by atoms with E-state index in [9.17, 15) is 18.4 Å². The lowest BCUT2D eigenvalue weighted by Gasteiger charge is -2.37. The number of rotatable bonds is 5. The SMILES string of the molecule is CO[C@H]1CC[C@H](n2c([C@@H]3CCCC(=O)N3c3ccc(F)c(F)c3)nc3cc(-c4ccc(=O)n(C)c4)ccc32)CC1. The maximum Gasteiger partial charge on any atom is 0.250 e. The molecule has 1 saturated carbocycles. The average Bonchev–Trinajstić information content (AvgIpc) is 3.34. The third-order valence-corrected chi connectivity index (χ3v) is 8.41. The summed E-state index contributed by atoms with van der Waals surface area (Å²) in [6.45, 7) is 0. The first-order valence-electron chi connectivity index (χ1n) is 13.8. The van der Waals surface area contributed by atoms with E-state index in [0.717, 1.165) is 65.8 Å². The Morgan fingerprint density at radius 2 is 1.68 bits per heavy atom. The van der Waals surface area contributed by atoms with Gasteiger partial charge >= 0.3 is 0 Å².